The third kappa shape index (κ3) is 5.45. The van der Waals surface area contributed by atoms with Gasteiger partial charge in [-0.25, -0.2) is 0 Å². The SMILES string of the molecule is CCCc1ccc(-c2ccc(N(C3=CC=C4C=Cc5ccccc5C4C3)c3cccc4c3-c3ccccc3C4(c3ccccc3)c3ccccc3)cc2)cc1. The van der Waals surface area contributed by atoms with Crippen LogP contribution >= 0.6 is 0 Å². The minimum absolute atomic E-state index is 0.293. The Labute approximate surface area is 325 Å². The molecule has 1 nitrogen and oxygen atoms in total. The molecule has 0 bridgehead atoms. The zero-order valence-corrected chi connectivity index (χ0v) is 31.2. The number of rotatable bonds is 8. The lowest BCUT2D eigenvalue weighted by Gasteiger charge is -2.36. The van der Waals surface area contributed by atoms with Crippen LogP contribution < -0.4 is 4.90 Å². The van der Waals surface area contributed by atoms with Gasteiger partial charge in [0.2, 0.25) is 0 Å². The largest absolute Gasteiger partial charge is 0.314 e. The first kappa shape index (κ1) is 33.2. The third-order valence-corrected chi connectivity index (χ3v) is 12.1. The molecule has 3 aliphatic rings. The van der Waals surface area contributed by atoms with E-state index in [0.717, 1.165) is 24.9 Å². The first-order chi connectivity index (χ1) is 27.2. The van der Waals surface area contributed by atoms with Crippen LogP contribution in [0.1, 0.15) is 64.6 Å². The summed E-state index contributed by atoms with van der Waals surface area (Å²) in [5.41, 5.74) is 18.9. The van der Waals surface area contributed by atoms with E-state index in [1.165, 1.54) is 78.2 Å². The van der Waals surface area contributed by atoms with Crippen LogP contribution in [0.2, 0.25) is 0 Å². The Morgan fingerprint density at radius 1 is 0.564 bits per heavy atom. The summed E-state index contributed by atoms with van der Waals surface area (Å²) in [6.07, 6.45) is 12.5. The molecule has 7 aromatic carbocycles. The average molecular weight is 706 g/mol. The Balaban J connectivity index is 1.18. The number of aryl methyl sites for hydroxylation is 1. The molecule has 0 saturated heterocycles. The topological polar surface area (TPSA) is 3.24 Å². The lowest BCUT2D eigenvalue weighted by atomic mass is 9.68. The molecule has 0 amide bonds. The van der Waals surface area contributed by atoms with E-state index in [1.54, 1.807) is 0 Å². The van der Waals surface area contributed by atoms with Crippen molar-refractivity contribution in [3.05, 3.63) is 244 Å². The van der Waals surface area contributed by atoms with Crippen LogP contribution in [-0.2, 0) is 11.8 Å². The summed E-state index contributed by atoms with van der Waals surface area (Å²) in [7, 11) is 0. The van der Waals surface area contributed by atoms with Gasteiger partial charge in [0.05, 0.1) is 11.1 Å². The van der Waals surface area contributed by atoms with Crippen molar-refractivity contribution in [3.63, 3.8) is 0 Å². The molecule has 7 aromatic rings. The second-order valence-electron chi connectivity index (χ2n) is 15.1. The van der Waals surface area contributed by atoms with Crippen LogP contribution in [0.4, 0.5) is 11.4 Å². The minimum atomic E-state index is -0.467. The van der Waals surface area contributed by atoms with Crippen LogP contribution in [0.15, 0.2) is 205 Å². The van der Waals surface area contributed by atoms with E-state index in [2.05, 4.69) is 212 Å². The molecule has 0 aromatic heterocycles. The molecule has 3 aliphatic carbocycles. The molecule has 10 rings (SSSR count). The van der Waals surface area contributed by atoms with Gasteiger partial charge < -0.3 is 4.90 Å². The van der Waals surface area contributed by atoms with Crippen LogP contribution in [-0.4, -0.2) is 0 Å². The predicted molar refractivity (Wildman–Crippen MR) is 231 cm³/mol. The first-order valence-corrected chi connectivity index (χ1v) is 19.8. The van der Waals surface area contributed by atoms with Gasteiger partial charge in [-0.2, -0.15) is 0 Å². The standard InChI is InChI=1S/C54H43N/c1-2-14-38-25-27-39(28-26-38)40-31-34-45(35-32-40)55(46-36-33-42-30-29-41-15-9-10-20-47(41)49(42)37-46)52-24-13-23-51-53(52)48-21-11-12-22-50(48)54(51,43-16-5-3-6-17-43)44-18-7-4-8-19-44/h3-13,15-36,49H,2,14,37H2,1H3. The van der Waals surface area contributed by atoms with E-state index in [0.29, 0.717) is 5.92 Å². The Kier molecular flexibility index (Phi) is 8.29. The molecule has 1 unspecified atom stereocenters. The Bertz CT molecular complexity index is 2570. The summed E-state index contributed by atoms with van der Waals surface area (Å²) in [6.45, 7) is 2.24. The van der Waals surface area contributed by atoms with Gasteiger partial charge in [0.25, 0.3) is 0 Å². The zero-order valence-electron chi connectivity index (χ0n) is 31.2. The van der Waals surface area contributed by atoms with Crippen LogP contribution in [0.25, 0.3) is 28.3 Å². The van der Waals surface area contributed by atoms with E-state index in [-0.39, 0.29) is 0 Å². The van der Waals surface area contributed by atoms with Gasteiger partial charge in [-0.3, -0.25) is 0 Å². The lowest BCUT2D eigenvalue weighted by Crippen LogP contribution is -2.28. The van der Waals surface area contributed by atoms with E-state index >= 15 is 0 Å². The van der Waals surface area contributed by atoms with E-state index in [4.69, 9.17) is 0 Å². The molecule has 0 N–H and O–H groups in total. The van der Waals surface area contributed by atoms with Crippen molar-refractivity contribution in [2.24, 2.45) is 0 Å². The average Bonchev–Trinajstić information content (AvgIpc) is 3.57. The monoisotopic (exact) mass is 705 g/mol. The summed E-state index contributed by atoms with van der Waals surface area (Å²) in [5, 5.41) is 0. The normalized spacial score (nSPS) is 15.9. The van der Waals surface area contributed by atoms with Gasteiger partial charge in [-0.15, -0.1) is 0 Å². The van der Waals surface area contributed by atoms with Crippen molar-refractivity contribution in [3.8, 4) is 22.3 Å². The van der Waals surface area contributed by atoms with E-state index < -0.39 is 5.41 Å². The summed E-state index contributed by atoms with van der Waals surface area (Å²) in [6, 6.07) is 65.6. The summed E-state index contributed by atoms with van der Waals surface area (Å²) >= 11 is 0. The van der Waals surface area contributed by atoms with Gasteiger partial charge in [0.15, 0.2) is 0 Å². The molecule has 1 heteroatoms. The Morgan fingerprint density at radius 3 is 1.93 bits per heavy atom. The molecule has 0 radical (unpaired) electrons. The van der Waals surface area contributed by atoms with Crippen molar-refractivity contribution in [2.75, 3.05) is 4.90 Å². The minimum Gasteiger partial charge on any atom is -0.314 e. The number of nitrogens with zero attached hydrogens (tertiary/aromatic N) is 1. The van der Waals surface area contributed by atoms with Crippen molar-refractivity contribution < 1.29 is 0 Å². The predicted octanol–water partition coefficient (Wildman–Crippen LogP) is 13.8. The second kappa shape index (κ2) is 13.8. The first-order valence-electron chi connectivity index (χ1n) is 19.8. The highest BCUT2D eigenvalue weighted by Crippen LogP contribution is 2.59. The maximum atomic E-state index is 2.56. The Morgan fingerprint density at radius 2 is 1.20 bits per heavy atom. The van der Waals surface area contributed by atoms with Gasteiger partial charge in [0.1, 0.15) is 0 Å². The number of benzene rings is 7. The summed E-state index contributed by atoms with van der Waals surface area (Å²) in [4.78, 5) is 2.56. The fourth-order valence-corrected chi connectivity index (χ4v) is 9.57. The molecular weight excluding hydrogens is 663 g/mol. The van der Waals surface area contributed by atoms with Crippen LogP contribution in [0, 0.1) is 0 Å². The third-order valence-electron chi connectivity index (χ3n) is 12.1. The fourth-order valence-electron chi connectivity index (χ4n) is 9.57. The van der Waals surface area contributed by atoms with E-state index in [1.807, 2.05) is 0 Å². The number of hydrogen-bond donors (Lipinski definition) is 0. The van der Waals surface area contributed by atoms with Crippen molar-refractivity contribution >= 4 is 17.5 Å². The molecule has 55 heavy (non-hydrogen) atoms. The fraction of sp³-hybridized carbons (Fsp3) is 0.111. The second-order valence-corrected chi connectivity index (χ2v) is 15.1. The molecule has 0 fully saturated rings. The van der Waals surface area contributed by atoms with Crippen molar-refractivity contribution in [1.29, 1.82) is 0 Å². The smallest absolute Gasteiger partial charge is 0.0714 e. The molecule has 1 atom stereocenters. The molecule has 0 aliphatic heterocycles. The molecule has 0 heterocycles. The quantitative estimate of drug-likeness (QED) is 0.152. The van der Waals surface area contributed by atoms with Gasteiger partial charge >= 0.3 is 0 Å². The molecule has 264 valence electrons. The maximum Gasteiger partial charge on any atom is 0.0714 e. The summed E-state index contributed by atoms with van der Waals surface area (Å²) < 4.78 is 0. The zero-order chi connectivity index (χ0) is 36.8. The highest BCUT2D eigenvalue weighted by Gasteiger charge is 2.47. The van der Waals surface area contributed by atoms with Gasteiger partial charge in [-0.1, -0.05) is 189 Å². The number of anilines is 2. The highest BCUT2D eigenvalue weighted by atomic mass is 15.2. The number of allylic oxidation sites excluding steroid dienone is 5. The Hall–Kier alpha value is -6.44. The van der Waals surface area contributed by atoms with Crippen LogP contribution in [0.5, 0.6) is 0 Å². The lowest BCUT2D eigenvalue weighted by molar-refractivity contribution is 0.759. The molecule has 0 saturated carbocycles. The summed E-state index contributed by atoms with van der Waals surface area (Å²) in [5.74, 6) is 0.293. The van der Waals surface area contributed by atoms with Crippen molar-refractivity contribution in [1.82, 2.24) is 0 Å². The maximum absolute atomic E-state index is 2.56. The van der Waals surface area contributed by atoms with E-state index in [9.17, 15) is 0 Å². The van der Waals surface area contributed by atoms with Crippen LogP contribution in [0.3, 0.4) is 0 Å². The van der Waals surface area contributed by atoms with Gasteiger partial charge in [0, 0.05) is 22.9 Å². The molecule has 0 spiro atoms. The number of hydrogen-bond acceptors (Lipinski definition) is 1. The van der Waals surface area contributed by atoms with Gasteiger partial charge in [-0.05, 0) is 98.3 Å². The number of fused-ring (bicyclic) bond motifs is 6. The molecular formula is C54H43N. The van der Waals surface area contributed by atoms with Crippen molar-refractivity contribution in [2.45, 2.75) is 37.5 Å². The highest BCUT2D eigenvalue weighted by molar-refractivity contribution is 5.96.